The minimum atomic E-state index is -0.510. The molecule has 1 saturated carbocycles. The van der Waals surface area contributed by atoms with Crippen molar-refractivity contribution in [2.45, 2.75) is 38.2 Å². The van der Waals surface area contributed by atoms with Crippen molar-refractivity contribution in [1.82, 2.24) is 5.32 Å². The van der Waals surface area contributed by atoms with Crippen LogP contribution in [0.25, 0.3) is 0 Å². The summed E-state index contributed by atoms with van der Waals surface area (Å²) in [5.41, 5.74) is -0.0713. The van der Waals surface area contributed by atoms with E-state index in [4.69, 9.17) is 4.74 Å². The molecule has 7 heteroatoms. The number of aliphatic hydroxyl groups is 1. The molecule has 1 fully saturated rings. The molecule has 1 aliphatic carbocycles. The molecule has 1 aromatic carbocycles. The summed E-state index contributed by atoms with van der Waals surface area (Å²) in [6.07, 6.45) is 4.56. The number of nitro groups is 1. The number of ether oxygens (including phenoxy) is 1. The van der Waals surface area contributed by atoms with Gasteiger partial charge in [0.25, 0.3) is 11.6 Å². The van der Waals surface area contributed by atoms with Crippen LogP contribution >= 0.6 is 0 Å². The smallest absolute Gasteiger partial charge is 0.273 e. The van der Waals surface area contributed by atoms with Crippen LogP contribution < -0.4 is 10.1 Å². The highest BCUT2D eigenvalue weighted by Crippen LogP contribution is 2.28. The van der Waals surface area contributed by atoms with Gasteiger partial charge < -0.3 is 15.2 Å². The van der Waals surface area contributed by atoms with E-state index in [0.717, 1.165) is 32.1 Å². The fourth-order valence-electron chi connectivity index (χ4n) is 2.83. The van der Waals surface area contributed by atoms with Gasteiger partial charge in [0.1, 0.15) is 5.75 Å². The lowest BCUT2D eigenvalue weighted by Crippen LogP contribution is -2.30. The number of hydrogen-bond donors (Lipinski definition) is 2. The number of carbonyl (C=O) groups is 1. The number of amides is 1. The Morgan fingerprint density at radius 1 is 1.43 bits per heavy atom. The number of hydrogen-bond acceptors (Lipinski definition) is 5. The van der Waals surface area contributed by atoms with Crippen molar-refractivity contribution >= 4 is 11.6 Å². The number of carbonyl (C=O) groups excluding carboxylic acids is 1. The van der Waals surface area contributed by atoms with Crippen molar-refractivity contribution in [1.29, 1.82) is 0 Å². The van der Waals surface area contributed by atoms with Gasteiger partial charge in [0.15, 0.2) is 6.61 Å². The third-order valence-electron chi connectivity index (χ3n) is 4.09. The zero-order chi connectivity index (χ0) is 16.7. The molecule has 23 heavy (non-hydrogen) atoms. The number of aliphatic hydroxyl groups excluding tert-OH is 1. The molecule has 2 atom stereocenters. The Bertz CT molecular complexity index is 549. The maximum absolute atomic E-state index is 11.7. The molecule has 2 unspecified atom stereocenters. The fraction of sp³-hybridized carbons (Fsp3) is 0.562. The average Bonchev–Trinajstić information content (AvgIpc) is 2.95. The summed E-state index contributed by atoms with van der Waals surface area (Å²) < 4.78 is 5.25. The van der Waals surface area contributed by atoms with Crippen LogP contribution in [0.5, 0.6) is 5.75 Å². The minimum absolute atomic E-state index is 0.0713. The Labute approximate surface area is 134 Å². The van der Waals surface area contributed by atoms with E-state index in [1.807, 2.05) is 0 Å². The van der Waals surface area contributed by atoms with Crippen molar-refractivity contribution in [2.75, 3.05) is 13.2 Å². The first-order chi connectivity index (χ1) is 11.1. The molecule has 126 valence electrons. The molecular formula is C16H22N2O5. The fourth-order valence-corrected chi connectivity index (χ4v) is 2.83. The van der Waals surface area contributed by atoms with E-state index < -0.39 is 4.92 Å². The summed E-state index contributed by atoms with van der Waals surface area (Å²) in [5.74, 6) is 0.389. The van der Waals surface area contributed by atoms with E-state index in [0.29, 0.717) is 18.2 Å². The van der Waals surface area contributed by atoms with Crippen molar-refractivity contribution < 1.29 is 19.6 Å². The molecule has 1 aromatic rings. The molecule has 7 nitrogen and oxygen atoms in total. The molecule has 0 heterocycles. The van der Waals surface area contributed by atoms with E-state index in [1.54, 1.807) is 6.07 Å². The molecule has 0 saturated heterocycles. The van der Waals surface area contributed by atoms with Gasteiger partial charge >= 0.3 is 0 Å². The van der Waals surface area contributed by atoms with Gasteiger partial charge in [-0.05, 0) is 37.7 Å². The maximum atomic E-state index is 11.7. The first-order valence-corrected chi connectivity index (χ1v) is 7.88. The highest BCUT2D eigenvalue weighted by molar-refractivity contribution is 5.77. The quantitative estimate of drug-likeness (QED) is 0.433. The topological polar surface area (TPSA) is 102 Å². The number of nitrogens with one attached hydrogen (secondary N) is 1. The number of rotatable bonds is 8. The van der Waals surface area contributed by atoms with Gasteiger partial charge in [-0.25, -0.2) is 0 Å². The van der Waals surface area contributed by atoms with Gasteiger partial charge in [-0.1, -0.05) is 12.5 Å². The third kappa shape index (κ3) is 5.52. The molecule has 0 aliphatic heterocycles. The van der Waals surface area contributed by atoms with Crippen LogP contribution in [0.4, 0.5) is 5.69 Å². The Balaban J connectivity index is 1.63. The molecular weight excluding hydrogens is 300 g/mol. The summed E-state index contributed by atoms with van der Waals surface area (Å²) in [7, 11) is 0. The van der Waals surface area contributed by atoms with E-state index in [2.05, 4.69) is 5.32 Å². The van der Waals surface area contributed by atoms with Crippen LogP contribution in [0.1, 0.15) is 32.1 Å². The lowest BCUT2D eigenvalue weighted by molar-refractivity contribution is -0.384. The number of non-ortho nitro benzene ring substituents is 1. The van der Waals surface area contributed by atoms with E-state index >= 15 is 0 Å². The monoisotopic (exact) mass is 322 g/mol. The SMILES string of the molecule is O=C(COc1cccc([N+](=O)[O-])c1)NCCCC1CCCC1O. The Morgan fingerprint density at radius 3 is 2.96 bits per heavy atom. The van der Waals surface area contributed by atoms with Gasteiger partial charge in [-0.15, -0.1) is 0 Å². The summed E-state index contributed by atoms with van der Waals surface area (Å²) in [6.45, 7) is 0.369. The highest BCUT2D eigenvalue weighted by Gasteiger charge is 2.24. The largest absolute Gasteiger partial charge is 0.484 e. The second kappa shape index (κ2) is 8.47. The maximum Gasteiger partial charge on any atom is 0.273 e. The molecule has 1 amide bonds. The van der Waals surface area contributed by atoms with Crippen LogP contribution in [0.15, 0.2) is 24.3 Å². The lowest BCUT2D eigenvalue weighted by atomic mass is 10.00. The molecule has 0 radical (unpaired) electrons. The number of nitrogens with zero attached hydrogens (tertiary/aromatic N) is 1. The molecule has 0 spiro atoms. The van der Waals surface area contributed by atoms with E-state index in [9.17, 15) is 20.0 Å². The Morgan fingerprint density at radius 2 is 2.26 bits per heavy atom. The predicted octanol–water partition coefficient (Wildman–Crippen LogP) is 2.03. The molecule has 0 bridgehead atoms. The average molecular weight is 322 g/mol. The summed E-state index contributed by atoms with van der Waals surface area (Å²) >= 11 is 0. The molecule has 1 aliphatic rings. The second-order valence-corrected chi connectivity index (χ2v) is 5.79. The van der Waals surface area contributed by atoms with Gasteiger partial charge in [0, 0.05) is 12.6 Å². The van der Waals surface area contributed by atoms with Crippen molar-refractivity contribution in [2.24, 2.45) is 5.92 Å². The zero-order valence-corrected chi connectivity index (χ0v) is 12.9. The number of nitro benzene ring substituents is 1. The van der Waals surface area contributed by atoms with E-state index in [1.165, 1.54) is 18.2 Å². The molecule has 0 aromatic heterocycles. The Hall–Kier alpha value is -2.15. The van der Waals surface area contributed by atoms with Gasteiger partial charge in [0.2, 0.25) is 0 Å². The lowest BCUT2D eigenvalue weighted by Gasteiger charge is -2.14. The normalized spacial score (nSPS) is 20.2. The summed E-state index contributed by atoms with van der Waals surface area (Å²) in [5, 5.41) is 23.1. The van der Waals surface area contributed by atoms with Crippen LogP contribution in [0, 0.1) is 16.0 Å². The molecule has 2 rings (SSSR count). The van der Waals surface area contributed by atoms with Crippen LogP contribution in [0.2, 0.25) is 0 Å². The summed E-state index contributed by atoms with van der Waals surface area (Å²) in [6, 6.07) is 5.74. The third-order valence-corrected chi connectivity index (χ3v) is 4.09. The van der Waals surface area contributed by atoms with Gasteiger partial charge in [-0.3, -0.25) is 14.9 Å². The van der Waals surface area contributed by atoms with Crippen molar-refractivity contribution in [3.05, 3.63) is 34.4 Å². The van der Waals surface area contributed by atoms with Crippen LogP contribution in [0.3, 0.4) is 0 Å². The van der Waals surface area contributed by atoms with Crippen molar-refractivity contribution in [3.63, 3.8) is 0 Å². The Kier molecular flexibility index (Phi) is 6.34. The van der Waals surface area contributed by atoms with Gasteiger partial charge in [0.05, 0.1) is 17.1 Å². The minimum Gasteiger partial charge on any atom is -0.484 e. The molecule has 2 N–H and O–H groups in total. The van der Waals surface area contributed by atoms with Crippen LogP contribution in [-0.2, 0) is 4.79 Å². The highest BCUT2D eigenvalue weighted by atomic mass is 16.6. The first kappa shape index (κ1) is 17.2. The number of benzene rings is 1. The predicted molar refractivity (Wildman–Crippen MR) is 84.2 cm³/mol. The van der Waals surface area contributed by atoms with E-state index in [-0.39, 0.29) is 24.3 Å². The second-order valence-electron chi connectivity index (χ2n) is 5.79. The van der Waals surface area contributed by atoms with Crippen LogP contribution in [-0.4, -0.2) is 35.2 Å². The standard InChI is InChI=1S/C16H22N2O5/c19-15-8-1-4-12(15)5-3-9-17-16(20)11-23-14-7-2-6-13(10-14)18(21)22/h2,6-7,10,12,15,19H,1,3-5,8-9,11H2,(H,17,20). The van der Waals surface area contributed by atoms with Crippen molar-refractivity contribution in [3.8, 4) is 5.75 Å². The summed E-state index contributed by atoms with van der Waals surface area (Å²) in [4.78, 5) is 21.8. The van der Waals surface area contributed by atoms with Gasteiger partial charge in [-0.2, -0.15) is 0 Å². The zero-order valence-electron chi connectivity index (χ0n) is 12.9. The first-order valence-electron chi connectivity index (χ1n) is 7.88.